The van der Waals surface area contributed by atoms with Crippen LogP contribution >= 0.6 is 0 Å². The van der Waals surface area contributed by atoms with Crippen molar-refractivity contribution < 1.29 is 23.5 Å². The molecule has 7 nitrogen and oxygen atoms in total. The number of hydrogen-bond acceptors (Lipinski definition) is 4. The number of alkyl halides is 2. The van der Waals surface area contributed by atoms with Crippen LogP contribution in [0.1, 0.15) is 29.5 Å². The molecule has 0 saturated heterocycles. The van der Waals surface area contributed by atoms with E-state index in [0.29, 0.717) is 11.2 Å². The molecule has 1 heterocycles. The van der Waals surface area contributed by atoms with E-state index in [4.69, 9.17) is 5.11 Å². The van der Waals surface area contributed by atoms with Crippen molar-refractivity contribution >= 4 is 11.9 Å². The largest absolute Gasteiger partial charge is 0.476 e. The topological polar surface area (TPSA) is 97.1 Å². The van der Waals surface area contributed by atoms with Gasteiger partial charge in [0.1, 0.15) is 12.2 Å². The average Bonchev–Trinajstić information content (AvgIpc) is 2.61. The molecule has 1 amide bonds. The molecule has 0 aliphatic rings. The molecule has 0 aliphatic heterocycles. The third kappa shape index (κ3) is 2.95. The van der Waals surface area contributed by atoms with Gasteiger partial charge in [-0.25, -0.2) is 18.3 Å². The Bertz CT molecular complexity index is 432. The number of nitrogens with zero attached hydrogens (tertiary/aromatic N) is 3. The summed E-state index contributed by atoms with van der Waals surface area (Å²) in [5.74, 6) is -2.15. The van der Waals surface area contributed by atoms with E-state index in [0.717, 1.165) is 0 Å². The molecule has 94 valence electrons. The lowest BCUT2D eigenvalue weighted by Gasteiger charge is -2.05. The van der Waals surface area contributed by atoms with Gasteiger partial charge in [0.2, 0.25) is 5.91 Å². The fourth-order valence-electron chi connectivity index (χ4n) is 1.19. The molecule has 0 aromatic carbocycles. The normalized spacial score (nSPS) is 10.6. The first-order valence-electron chi connectivity index (χ1n) is 4.68. The number of carbonyl (C=O) groups is 2. The summed E-state index contributed by atoms with van der Waals surface area (Å²) < 4.78 is 25.8. The Morgan fingerprint density at radius 3 is 2.65 bits per heavy atom. The van der Waals surface area contributed by atoms with Crippen LogP contribution in [-0.2, 0) is 11.3 Å². The molecule has 1 aromatic heterocycles. The second kappa shape index (κ2) is 5.32. The molecule has 0 spiro atoms. The number of likely N-dealkylation sites (N-methyl/N-ethyl adjacent to an activating group) is 1. The fraction of sp³-hybridized carbons (Fsp3) is 0.500. The van der Waals surface area contributed by atoms with Gasteiger partial charge in [0.25, 0.3) is 6.43 Å². The minimum Gasteiger partial charge on any atom is -0.476 e. The first-order valence-corrected chi connectivity index (χ1v) is 4.68. The molecule has 17 heavy (non-hydrogen) atoms. The number of halogens is 2. The summed E-state index contributed by atoms with van der Waals surface area (Å²) in [6, 6.07) is 0. The van der Waals surface area contributed by atoms with Crippen LogP contribution in [0.25, 0.3) is 0 Å². The van der Waals surface area contributed by atoms with Crippen molar-refractivity contribution in [2.45, 2.75) is 19.9 Å². The lowest BCUT2D eigenvalue weighted by molar-refractivity contribution is -0.121. The molecule has 1 aromatic rings. The molecule has 9 heteroatoms. The van der Waals surface area contributed by atoms with E-state index in [1.54, 1.807) is 6.92 Å². The van der Waals surface area contributed by atoms with Crippen molar-refractivity contribution in [1.82, 2.24) is 20.3 Å². The highest BCUT2D eigenvalue weighted by Gasteiger charge is 2.26. The molecule has 0 radical (unpaired) electrons. The van der Waals surface area contributed by atoms with Gasteiger partial charge in [0, 0.05) is 6.54 Å². The number of carboxylic acids is 1. The molecule has 2 N–H and O–H groups in total. The van der Waals surface area contributed by atoms with Crippen LogP contribution in [0.3, 0.4) is 0 Å². The van der Waals surface area contributed by atoms with E-state index in [-0.39, 0.29) is 0 Å². The van der Waals surface area contributed by atoms with Crippen LogP contribution in [0.5, 0.6) is 0 Å². The number of hydrogen-bond donors (Lipinski definition) is 2. The van der Waals surface area contributed by atoms with Crippen LogP contribution in [0.4, 0.5) is 8.78 Å². The Morgan fingerprint density at radius 2 is 2.18 bits per heavy atom. The van der Waals surface area contributed by atoms with Crippen molar-refractivity contribution in [3.05, 3.63) is 11.4 Å². The molecule has 0 bridgehead atoms. The molecule has 0 saturated carbocycles. The first-order chi connectivity index (χ1) is 7.97. The van der Waals surface area contributed by atoms with E-state index in [2.05, 4.69) is 15.6 Å². The summed E-state index contributed by atoms with van der Waals surface area (Å²) in [5.41, 5.74) is -1.71. The van der Waals surface area contributed by atoms with Crippen molar-refractivity contribution in [3.63, 3.8) is 0 Å². The molecule has 0 unspecified atom stereocenters. The molecule has 1 rings (SSSR count). The predicted molar refractivity (Wildman–Crippen MR) is 50.6 cm³/mol. The third-order valence-corrected chi connectivity index (χ3v) is 1.85. The zero-order chi connectivity index (χ0) is 13.0. The summed E-state index contributed by atoms with van der Waals surface area (Å²) in [6.45, 7) is 1.51. The lowest BCUT2D eigenvalue weighted by atomic mass is 10.3. The maximum absolute atomic E-state index is 12.6. The second-order valence-corrected chi connectivity index (χ2v) is 3.04. The van der Waals surface area contributed by atoms with Crippen molar-refractivity contribution in [3.8, 4) is 0 Å². The summed E-state index contributed by atoms with van der Waals surface area (Å²) >= 11 is 0. The Balaban J connectivity index is 3.00. The van der Waals surface area contributed by atoms with Gasteiger partial charge in [-0.1, -0.05) is 5.21 Å². The standard InChI is InChI=1S/C8H10F2N4O3/c1-2-11-4(15)3-14-6(7(9)10)5(8(16)17)12-13-14/h7H,2-3H2,1H3,(H,11,15)(H,16,17). The molecule has 0 atom stereocenters. The van der Waals surface area contributed by atoms with Crippen molar-refractivity contribution in [2.24, 2.45) is 0 Å². The van der Waals surface area contributed by atoms with Crippen molar-refractivity contribution in [1.29, 1.82) is 0 Å². The van der Waals surface area contributed by atoms with Gasteiger partial charge < -0.3 is 10.4 Å². The number of rotatable bonds is 5. The highest BCUT2D eigenvalue weighted by Crippen LogP contribution is 2.21. The monoisotopic (exact) mass is 248 g/mol. The van der Waals surface area contributed by atoms with E-state index < -0.39 is 36.2 Å². The van der Waals surface area contributed by atoms with Gasteiger partial charge in [0.15, 0.2) is 5.69 Å². The summed E-state index contributed by atoms with van der Waals surface area (Å²) in [6.07, 6.45) is -3.06. The maximum Gasteiger partial charge on any atom is 0.358 e. The summed E-state index contributed by atoms with van der Waals surface area (Å²) in [5, 5.41) is 17.3. The van der Waals surface area contributed by atoms with Gasteiger partial charge in [-0.2, -0.15) is 0 Å². The SMILES string of the molecule is CCNC(=O)Cn1nnc(C(=O)O)c1C(F)F. The zero-order valence-electron chi connectivity index (χ0n) is 8.85. The fourth-order valence-corrected chi connectivity index (χ4v) is 1.19. The van der Waals surface area contributed by atoms with Crippen LogP contribution in [0.15, 0.2) is 0 Å². The van der Waals surface area contributed by atoms with Gasteiger partial charge in [-0.3, -0.25) is 4.79 Å². The van der Waals surface area contributed by atoms with Gasteiger partial charge in [0.05, 0.1) is 0 Å². The average molecular weight is 248 g/mol. The number of nitrogens with one attached hydrogen (secondary N) is 1. The van der Waals surface area contributed by atoms with Gasteiger partial charge >= 0.3 is 5.97 Å². The number of amides is 1. The summed E-state index contributed by atoms with van der Waals surface area (Å²) in [7, 11) is 0. The number of aromatic nitrogens is 3. The number of carboxylic acid groups (broad SMARTS) is 1. The van der Waals surface area contributed by atoms with Crippen LogP contribution in [0.2, 0.25) is 0 Å². The van der Waals surface area contributed by atoms with Gasteiger partial charge in [-0.15, -0.1) is 5.10 Å². The summed E-state index contributed by atoms with van der Waals surface area (Å²) in [4.78, 5) is 21.8. The van der Waals surface area contributed by atoms with E-state index >= 15 is 0 Å². The van der Waals surface area contributed by atoms with E-state index in [1.165, 1.54) is 0 Å². The molecular formula is C8H10F2N4O3. The smallest absolute Gasteiger partial charge is 0.358 e. The predicted octanol–water partition coefficient (Wildman–Crippen LogP) is 0.0500. The van der Waals surface area contributed by atoms with Gasteiger partial charge in [-0.05, 0) is 6.92 Å². The third-order valence-electron chi connectivity index (χ3n) is 1.85. The molecular weight excluding hydrogens is 238 g/mol. The molecule has 0 aliphatic carbocycles. The molecule has 0 fully saturated rings. The lowest BCUT2D eigenvalue weighted by Crippen LogP contribution is -2.28. The minimum absolute atomic E-state index is 0.337. The van der Waals surface area contributed by atoms with E-state index in [1.807, 2.05) is 0 Å². The first kappa shape index (κ1) is 13.0. The van der Waals surface area contributed by atoms with Crippen LogP contribution in [-0.4, -0.2) is 38.5 Å². The zero-order valence-corrected chi connectivity index (χ0v) is 8.85. The van der Waals surface area contributed by atoms with E-state index in [9.17, 15) is 18.4 Å². The quantitative estimate of drug-likeness (QED) is 0.767. The Morgan fingerprint density at radius 1 is 1.53 bits per heavy atom. The second-order valence-electron chi connectivity index (χ2n) is 3.04. The van der Waals surface area contributed by atoms with Crippen molar-refractivity contribution in [2.75, 3.05) is 6.54 Å². The van der Waals surface area contributed by atoms with Crippen LogP contribution in [0, 0.1) is 0 Å². The highest BCUT2D eigenvalue weighted by atomic mass is 19.3. The van der Waals surface area contributed by atoms with Crippen LogP contribution < -0.4 is 5.32 Å². The Kier molecular flexibility index (Phi) is 4.07. The number of carbonyl (C=O) groups excluding carboxylic acids is 1. The maximum atomic E-state index is 12.6. The Hall–Kier alpha value is -2.06. The number of aromatic carboxylic acids is 1. The highest BCUT2D eigenvalue weighted by molar-refractivity contribution is 5.86. The Labute approximate surface area is 94.4 Å². The minimum atomic E-state index is -3.06.